The Morgan fingerprint density at radius 1 is 1.10 bits per heavy atom. The van der Waals surface area contributed by atoms with Crippen molar-refractivity contribution in [3.8, 4) is 11.4 Å². The third-order valence-electron chi connectivity index (χ3n) is 3.47. The Balaban J connectivity index is 1.97. The summed E-state index contributed by atoms with van der Waals surface area (Å²) >= 11 is 0. The molecule has 0 saturated heterocycles. The number of fused-ring (bicyclic) bond motifs is 2. The van der Waals surface area contributed by atoms with Gasteiger partial charge in [0, 0.05) is 24.2 Å². The van der Waals surface area contributed by atoms with Crippen LogP contribution in [0.15, 0.2) is 42.7 Å². The molecule has 6 nitrogen and oxygen atoms in total. The fourth-order valence-corrected chi connectivity index (χ4v) is 2.37. The number of rotatable bonds is 1. The predicted molar refractivity (Wildman–Crippen MR) is 81.5 cm³/mol. The van der Waals surface area contributed by atoms with Crippen molar-refractivity contribution < 1.29 is 0 Å². The molecular formula is C15H12N6. The summed E-state index contributed by atoms with van der Waals surface area (Å²) in [6, 6.07) is 9.94. The fraction of sp³-hybridized carbons (Fsp3) is 0.0667. The summed E-state index contributed by atoms with van der Waals surface area (Å²) in [5.41, 5.74) is 8.49. The van der Waals surface area contributed by atoms with Gasteiger partial charge in [-0.2, -0.15) is 5.10 Å². The topological polar surface area (TPSA) is 82.5 Å². The summed E-state index contributed by atoms with van der Waals surface area (Å²) in [4.78, 5) is 13.3. The maximum absolute atomic E-state index is 6.00. The molecule has 0 fully saturated rings. The first-order valence-corrected chi connectivity index (χ1v) is 6.53. The largest absolute Gasteiger partial charge is 0.383 e. The van der Waals surface area contributed by atoms with Crippen molar-refractivity contribution in [3.63, 3.8) is 0 Å². The molecule has 0 aliphatic heterocycles. The lowest BCUT2D eigenvalue weighted by Gasteiger charge is -2.04. The molecule has 21 heavy (non-hydrogen) atoms. The summed E-state index contributed by atoms with van der Waals surface area (Å²) in [7, 11) is 1.83. The lowest BCUT2D eigenvalue weighted by atomic mass is 10.1. The molecule has 0 aliphatic carbocycles. The maximum atomic E-state index is 6.00. The van der Waals surface area contributed by atoms with Gasteiger partial charge in [0.1, 0.15) is 5.82 Å². The molecule has 2 N–H and O–H groups in total. The zero-order valence-corrected chi connectivity index (χ0v) is 11.4. The van der Waals surface area contributed by atoms with E-state index in [9.17, 15) is 0 Å². The summed E-state index contributed by atoms with van der Waals surface area (Å²) in [5, 5.41) is 5.96. The van der Waals surface area contributed by atoms with Crippen molar-refractivity contribution in [1.29, 1.82) is 0 Å². The van der Waals surface area contributed by atoms with Crippen LogP contribution in [0.2, 0.25) is 0 Å². The van der Waals surface area contributed by atoms with Gasteiger partial charge in [-0.15, -0.1) is 0 Å². The van der Waals surface area contributed by atoms with E-state index >= 15 is 0 Å². The number of para-hydroxylation sites is 1. The highest BCUT2D eigenvalue weighted by Gasteiger charge is 2.11. The fourth-order valence-electron chi connectivity index (χ4n) is 2.37. The third-order valence-corrected chi connectivity index (χ3v) is 3.47. The summed E-state index contributed by atoms with van der Waals surface area (Å²) in [6.07, 6.45) is 3.44. The van der Waals surface area contributed by atoms with Gasteiger partial charge in [0.2, 0.25) is 0 Å². The maximum Gasteiger partial charge on any atom is 0.165 e. The quantitative estimate of drug-likeness (QED) is 0.576. The zero-order valence-electron chi connectivity index (χ0n) is 11.4. The molecule has 3 aromatic heterocycles. The van der Waals surface area contributed by atoms with Gasteiger partial charge in [-0.25, -0.2) is 9.97 Å². The van der Waals surface area contributed by atoms with Gasteiger partial charge in [0.25, 0.3) is 0 Å². The highest BCUT2D eigenvalue weighted by Crippen LogP contribution is 2.24. The number of nitrogens with two attached hydrogens (primary N) is 1. The first-order chi connectivity index (χ1) is 10.2. The number of aromatic nitrogens is 5. The molecule has 1 aromatic carbocycles. The van der Waals surface area contributed by atoms with Crippen LogP contribution >= 0.6 is 0 Å². The van der Waals surface area contributed by atoms with E-state index in [1.54, 1.807) is 17.1 Å². The average molecular weight is 276 g/mol. The van der Waals surface area contributed by atoms with E-state index in [1.807, 2.05) is 37.4 Å². The Hall–Kier alpha value is -3.02. The molecular weight excluding hydrogens is 264 g/mol. The molecule has 6 heteroatoms. The van der Waals surface area contributed by atoms with E-state index in [0.29, 0.717) is 17.3 Å². The van der Waals surface area contributed by atoms with Crippen LogP contribution in [-0.2, 0) is 7.05 Å². The van der Waals surface area contributed by atoms with Crippen molar-refractivity contribution in [2.24, 2.45) is 7.05 Å². The minimum Gasteiger partial charge on any atom is -0.383 e. The molecule has 102 valence electrons. The number of benzene rings is 1. The Labute approximate surface area is 120 Å². The summed E-state index contributed by atoms with van der Waals surface area (Å²) in [6.45, 7) is 0. The van der Waals surface area contributed by atoms with Gasteiger partial charge in [-0.05, 0) is 12.1 Å². The number of hydrogen-bond donors (Lipinski definition) is 1. The Morgan fingerprint density at radius 3 is 2.86 bits per heavy atom. The summed E-state index contributed by atoms with van der Waals surface area (Å²) < 4.78 is 1.69. The lowest BCUT2D eigenvalue weighted by Crippen LogP contribution is -2.00. The van der Waals surface area contributed by atoms with Gasteiger partial charge in [-0.1, -0.05) is 18.2 Å². The van der Waals surface area contributed by atoms with E-state index in [2.05, 4.69) is 20.1 Å². The van der Waals surface area contributed by atoms with Gasteiger partial charge < -0.3 is 5.73 Å². The molecule has 0 atom stereocenters. The van der Waals surface area contributed by atoms with E-state index < -0.39 is 0 Å². The molecule has 0 spiro atoms. The van der Waals surface area contributed by atoms with Crippen LogP contribution in [0.3, 0.4) is 0 Å². The molecule has 0 amide bonds. The number of hydrogen-bond acceptors (Lipinski definition) is 5. The second-order valence-corrected chi connectivity index (χ2v) is 4.85. The Kier molecular flexibility index (Phi) is 2.38. The Bertz CT molecular complexity index is 972. The van der Waals surface area contributed by atoms with Gasteiger partial charge in [0.15, 0.2) is 11.5 Å². The molecule has 0 saturated carbocycles. The second kappa shape index (κ2) is 4.24. The van der Waals surface area contributed by atoms with Crippen molar-refractivity contribution >= 4 is 27.8 Å². The van der Waals surface area contributed by atoms with Gasteiger partial charge in [0.05, 0.1) is 17.1 Å². The van der Waals surface area contributed by atoms with Gasteiger partial charge in [-0.3, -0.25) is 9.67 Å². The van der Waals surface area contributed by atoms with E-state index in [0.717, 1.165) is 21.9 Å². The molecule has 0 radical (unpaired) electrons. The molecule has 0 unspecified atom stereocenters. The molecule has 4 aromatic rings. The molecule has 0 aliphatic rings. The van der Waals surface area contributed by atoms with Crippen LogP contribution in [0.5, 0.6) is 0 Å². The molecule has 3 heterocycles. The van der Waals surface area contributed by atoms with Crippen LogP contribution in [0.1, 0.15) is 0 Å². The number of aryl methyl sites for hydroxylation is 1. The Morgan fingerprint density at radius 2 is 1.95 bits per heavy atom. The van der Waals surface area contributed by atoms with E-state index in [4.69, 9.17) is 5.73 Å². The second-order valence-electron chi connectivity index (χ2n) is 4.85. The van der Waals surface area contributed by atoms with Crippen molar-refractivity contribution in [1.82, 2.24) is 24.7 Å². The summed E-state index contributed by atoms with van der Waals surface area (Å²) in [5.74, 6) is 0.984. The number of nitrogens with zero attached hydrogens (tertiary/aromatic N) is 5. The van der Waals surface area contributed by atoms with Crippen molar-refractivity contribution in [3.05, 3.63) is 42.7 Å². The van der Waals surface area contributed by atoms with Crippen LogP contribution in [0.25, 0.3) is 33.3 Å². The number of pyridine rings is 1. The predicted octanol–water partition coefficient (Wildman–Crippen LogP) is 2.16. The average Bonchev–Trinajstić information content (AvgIpc) is 2.89. The monoisotopic (exact) mass is 276 g/mol. The smallest absolute Gasteiger partial charge is 0.165 e. The number of anilines is 1. The van der Waals surface area contributed by atoms with Crippen LogP contribution in [-0.4, -0.2) is 24.7 Å². The van der Waals surface area contributed by atoms with E-state index in [1.165, 1.54) is 0 Å². The molecule has 0 bridgehead atoms. The first kappa shape index (κ1) is 11.8. The minimum atomic E-state index is 0.427. The molecule has 4 rings (SSSR count). The van der Waals surface area contributed by atoms with Gasteiger partial charge >= 0.3 is 0 Å². The zero-order chi connectivity index (χ0) is 14.4. The minimum absolute atomic E-state index is 0.427. The van der Waals surface area contributed by atoms with Crippen LogP contribution in [0.4, 0.5) is 5.82 Å². The third kappa shape index (κ3) is 1.80. The van der Waals surface area contributed by atoms with Crippen LogP contribution < -0.4 is 5.73 Å². The highest BCUT2D eigenvalue weighted by molar-refractivity contribution is 5.88. The SMILES string of the molecule is Cn1ncc2c(N)nc(-c3cnc4ccccc4c3)nc21. The first-order valence-electron chi connectivity index (χ1n) is 6.53. The van der Waals surface area contributed by atoms with Crippen molar-refractivity contribution in [2.75, 3.05) is 5.73 Å². The lowest BCUT2D eigenvalue weighted by molar-refractivity contribution is 0.786. The van der Waals surface area contributed by atoms with Crippen LogP contribution in [0, 0.1) is 0 Å². The van der Waals surface area contributed by atoms with E-state index in [-0.39, 0.29) is 0 Å². The van der Waals surface area contributed by atoms with Crippen molar-refractivity contribution in [2.45, 2.75) is 0 Å². The highest BCUT2D eigenvalue weighted by atomic mass is 15.3. The number of nitrogen functional groups attached to an aromatic ring is 1. The standard InChI is InChI=1S/C15H12N6/c1-21-15-11(8-18-21)13(16)19-14(20-15)10-6-9-4-2-3-5-12(9)17-7-10/h2-8H,1H3,(H2,16,19,20). The normalized spacial score (nSPS) is 11.3.